The second kappa shape index (κ2) is 9.55. The third kappa shape index (κ3) is 5.36. The number of carbonyl (C=O) groups excluding carboxylic acids is 2. The van der Waals surface area contributed by atoms with Crippen LogP contribution in [0.5, 0.6) is 0 Å². The van der Waals surface area contributed by atoms with Gasteiger partial charge in [-0.05, 0) is 48.7 Å². The molecule has 1 aromatic heterocycles. The van der Waals surface area contributed by atoms with Crippen molar-refractivity contribution in [1.29, 1.82) is 0 Å². The molecular weight excluding hydrogens is 399 g/mol. The summed E-state index contributed by atoms with van der Waals surface area (Å²) < 4.78 is 14.6. The van der Waals surface area contributed by atoms with Crippen LogP contribution in [0.25, 0.3) is 11.0 Å². The Morgan fingerprint density at radius 3 is 2.61 bits per heavy atom. The molecule has 0 bridgehead atoms. The van der Waals surface area contributed by atoms with E-state index in [0.717, 1.165) is 36.8 Å². The van der Waals surface area contributed by atoms with E-state index in [1.807, 2.05) is 6.07 Å². The fourth-order valence-electron chi connectivity index (χ4n) is 3.74. The molecule has 0 unspecified atom stereocenters. The van der Waals surface area contributed by atoms with Gasteiger partial charge < -0.3 is 16.0 Å². The van der Waals surface area contributed by atoms with Gasteiger partial charge >= 0.3 is 6.03 Å². The standard InChI is InChI=1S/C22H25FN6O2/c23-17-8-5-15(6-9-17)14-25-22(31)24-11-12-29-20-10-7-16(13-19(20)27-28-29)21(30)26-18-3-1-2-4-18/h5-10,13,18H,1-4,11-12,14H2,(H,26,30)(H2,24,25,31). The van der Waals surface area contributed by atoms with E-state index in [1.165, 1.54) is 12.1 Å². The first-order valence-corrected chi connectivity index (χ1v) is 10.5. The van der Waals surface area contributed by atoms with Crippen LogP contribution in [-0.4, -0.2) is 39.5 Å². The highest BCUT2D eigenvalue weighted by Crippen LogP contribution is 2.19. The number of halogens is 1. The first-order chi connectivity index (χ1) is 15.1. The number of rotatable bonds is 7. The van der Waals surface area contributed by atoms with Gasteiger partial charge in [0.1, 0.15) is 11.3 Å². The Bertz CT molecular complexity index is 1060. The third-order valence-electron chi connectivity index (χ3n) is 5.44. The van der Waals surface area contributed by atoms with Crippen LogP contribution in [0.15, 0.2) is 42.5 Å². The van der Waals surface area contributed by atoms with Crippen LogP contribution in [0.4, 0.5) is 9.18 Å². The van der Waals surface area contributed by atoms with Crippen LogP contribution in [-0.2, 0) is 13.1 Å². The number of carbonyl (C=O) groups is 2. The van der Waals surface area contributed by atoms with E-state index in [9.17, 15) is 14.0 Å². The lowest BCUT2D eigenvalue weighted by molar-refractivity contribution is 0.0938. The Morgan fingerprint density at radius 1 is 1.06 bits per heavy atom. The lowest BCUT2D eigenvalue weighted by Gasteiger charge is -2.11. The third-order valence-corrected chi connectivity index (χ3v) is 5.44. The summed E-state index contributed by atoms with van der Waals surface area (Å²) in [5, 5.41) is 16.8. The molecule has 3 aromatic rings. The largest absolute Gasteiger partial charge is 0.349 e. The molecule has 0 saturated heterocycles. The highest BCUT2D eigenvalue weighted by atomic mass is 19.1. The number of hydrogen-bond donors (Lipinski definition) is 3. The van der Waals surface area contributed by atoms with Gasteiger partial charge in [-0.15, -0.1) is 5.10 Å². The van der Waals surface area contributed by atoms with E-state index >= 15 is 0 Å². The van der Waals surface area contributed by atoms with Gasteiger partial charge in [-0.2, -0.15) is 0 Å². The van der Waals surface area contributed by atoms with Gasteiger partial charge in [-0.1, -0.05) is 30.2 Å². The second-order valence-corrected chi connectivity index (χ2v) is 7.71. The van der Waals surface area contributed by atoms with Crippen molar-refractivity contribution in [3.05, 3.63) is 59.4 Å². The molecule has 1 heterocycles. The molecule has 3 amide bonds. The molecular formula is C22H25FN6O2. The summed E-state index contributed by atoms with van der Waals surface area (Å²) in [7, 11) is 0. The maximum Gasteiger partial charge on any atom is 0.315 e. The molecule has 0 spiro atoms. The molecule has 1 aliphatic carbocycles. The molecule has 31 heavy (non-hydrogen) atoms. The summed E-state index contributed by atoms with van der Waals surface area (Å²) in [6.45, 7) is 1.11. The maximum atomic E-state index is 12.9. The first kappa shape index (κ1) is 20.8. The predicted molar refractivity (Wildman–Crippen MR) is 114 cm³/mol. The van der Waals surface area contributed by atoms with E-state index in [1.54, 1.807) is 28.9 Å². The Hall–Kier alpha value is -3.49. The summed E-state index contributed by atoms with van der Waals surface area (Å²) in [6, 6.07) is 11.2. The number of hydrogen-bond acceptors (Lipinski definition) is 4. The minimum atomic E-state index is -0.320. The summed E-state index contributed by atoms with van der Waals surface area (Å²) in [4.78, 5) is 24.4. The van der Waals surface area contributed by atoms with E-state index < -0.39 is 0 Å². The zero-order valence-electron chi connectivity index (χ0n) is 17.1. The van der Waals surface area contributed by atoms with Gasteiger partial charge in [0.15, 0.2) is 0 Å². The van der Waals surface area contributed by atoms with Gasteiger partial charge in [0.2, 0.25) is 0 Å². The molecule has 1 aliphatic rings. The Balaban J connectivity index is 1.27. The molecule has 0 aliphatic heterocycles. The molecule has 0 radical (unpaired) electrons. The Kier molecular flexibility index (Phi) is 6.40. The van der Waals surface area contributed by atoms with Crippen LogP contribution in [0.2, 0.25) is 0 Å². The fraction of sp³-hybridized carbons (Fsp3) is 0.364. The topological polar surface area (TPSA) is 101 Å². The van der Waals surface area contributed by atoms with Gasteiger partial charge in [-0.25, -0.2) is 13.9 Å². The van der Waals surface area contributed by atoms with E-state index in [2.05, 4.69) is 26.3 Å². The number of aromatic nitrogens is 3. The van der Waals surface area contributed by atoms with Crippen LogP contribution >= 0.6 is 0 Å². The van der Waals surface area contributed by atoms with Gasteiger partial charge in [-0.3, -0.25) is 4.79 Å². The SMILES string of the molecule is O=C(NCCn1nnc2cc(C(=O)NC3CCCC3)ccc21)NCc1ccc(F)cc1. The average molecular weight is 424 g/mol. The quantitative estimate of drug-likeness (QED) is 0.543. The van der Waals surface area contributed by atoms with Crippen LogP contribution in [0.3, 0.4) is 0 Å². The van der Waals surface area contributed by atoms with Crippen molar-refractivity contribution in [3.63, 3.8) is 0 Å². The van der Waals surface area contributed by atoms with Gasteiger partial charge in [0.05, 0.1) is 12.1 Å². The number of benzene rings is 2. The molecule has 1 fully saturated rings. The zero-order chi connectivity index (χ0) is 21.6. The molecule has 4 rings (SSSR count). The number of amides is 3. The second-order valence-electron chi connectivity index (χ2n) is 7.71. The van der Waals surface area contributed by atoms with Crippen molar-refractivity contribution in [2.45, 2.75) is 44.8 Å². The molecule has 0 atom stereocenters. The Morgan fingerprint density at radius 2 is 1.84 bits per heavy atom. The Labute approximate surface area is 179 Å². The summed E-state index contributed by atoms with van der Waals surface area (Å²) >= 11 is 0. The number of fused-ring (bicyclic) bond motifs is 1. The lowest BCUT2D eigenvalue weighted by Crippen LogP contribution is -2.36. The molecule has 3 N–H and O–H groups in total. The van der Waals surface area contributed by atoms with Crippen molar-refractivity contribution < 1.29 is 14.0 Å². The van der Waals surface area contributed by atoms with Crippen molar-refractivity contribution in [1.82, 2.24) is 30.9 Å². The van der Waals surface area contributed by atoms with Crippen molar-refractivity contribution in [2.75, 3.05) is 6.54 Å². The zero-order valence-corrected chi connectivity index (χ0v) is 17.1. The van der Waals surface area contributed by atoms with Crippen molar-refractivity contribution in [2.24, 2.45) is 0 Å². The minimum absolute atomic E-state index is 0.0807. The van der Waals surface area contributed by atoms with Crippen LogP contribution in [0, 0.1) is 5.82 Å². The predicted octanol–water partition coefficient (Wildman–Crippen LogP) is 2.74. The fourth-order valence-corrected chi connectivity index (χ4v) is 3.74. The lowest BCUT2D eigenvalue weighted by atomic mass is 10.1. The first-order valence-electron chi connectivity index (χ1n) is 10.5. The molecule has 8 nitrogen and oxygen atoms in total. The molecule has 2 aromatic carbocycles. The van der Waals surface area contributed by atoms with Crippen molar-refractivity contribution in [3.8, 4) is 0 Å². The van der Waals surface area contributed by atoms with E-state index in [4.69, 9.17) is 0 Å². The van der Waals surface area contributed by atoms with Gasteiger partial charge in [0, 0.05) is 24.7 Å². The van der Waals surface area contributed by atoms with Crippen LogP contribution in [0.1, 0.15) is 41.6 Å². The number of nitrogens with one attached hydrogen (secondary N) is 3. The number of urea groups is 1. The summed E-state index contributed by atoms with van der Waals surface area (Å²) in [5.41, 5.74) is 2.82. The van der Waals surface area contributed by atoms with E-state index in [0.29, 0.717) is 30.7 Å². The average Bonchev–Trinajstić information content (AvgIpc) is 3.43. The highest BCUT2D eigenvalue weighted by Gasteiger charge is 2.18. The number of nitrogens with zero attached hydrogens (tertiary/aromatic N) is 3. The normalized spacial score (nSPS) is 14.0. The smallest absolute Gasteiger partial charge is 0.315 e. The molecule has 9 heteroatoms. The van der Waals surface area contributed by atoms with Gasteiger partial charge in [0.25, 0.3) is 5.91 Å². The highest BCUT2D eigenvalue weighted by molar-refractivity contribution is 5.97. The summed E-state index contributed by atoms with van der Waals surface area (Å²) in [5.74, 6) is -0.391. The minimum Gasteiger partial charge on any atom is -0.349 e. The van der Waals surface area contributed by atoms with Crippen molar-refractivity contribution >= 4 is 23.0 Å². The maximum absolute atomic E-state index is 12.9. The molecule has 162 valence electrons. The monoisotopic (exact) mass is 424 g/mol. The summed E-state index contributed by atoms with van der Waals surface area (Å²) in [6.07, 6.45) is 4.40. The van der Waals surface area contributed by atoms with E-state index in [-0.39, 0.29) is 23.8 Å². The van der Waals surface area contributed by atoms with Crippen LogP contribution < -0.4 is 16.0 Å². The molecule has 1 saturated carbocycles.